The minimum Gasteiger partial charge on any atom is -0.394 e. The number of aliphatic hydroxyl groups is 12. The molecule has 3 fully saturated rings. The first-order valence-corrected chi connectivity index (χ1v) is 24.5. The van der Waals surface area contributed by atoms with Crippen LogP contribution in [-0.4, -0.2) is 291 Å². The highest BCUT2D eigenvalue weighted by Gasteiger charge is 2.46. The van der Waals surface area contributed by atoms with Crippen molar-refractivity contribution < 1.29 is 113 Å². The summed E-state index contributed by atoms with van der Waals surface area (Å²) in [6.45, 7) is -1.48. The van der Waals surface area contributed by atoms with Crippen LogP contribution in [0.2, 0.25) is 0 Å². The molecule has 0 unspecified atom stereocenters. The van der Waals surface area contributed by atoms with E-state index in [1.165, 1.54) is 14.0 Å². The molecule has 3 saturated heterocycles. The molecule has 3 aliphatic rings. The molecule has 35 nitrogen and oxygen atoms in total. The maximum atomic E-state index is 10.3. The fourth-order valence-electron chi connectivity index (χ4n) is 7.97. The van der Waals surface area contributed by atoms with Gasteiger partial charge in [-0.15, -0.1) is 15.3 Å². The molecule has 0 aromatic carbocycles. The number of hydrogen-bond acceptors (Lipinski definition) is 30. The average Bonchev–Trinajstić information content (AvgIpc) is 4.22. The molecule has 0 spiro atoms. The zero-order valence-corrected chi connectivity index (χ0v) is 41.8. The van der Waals surface area contributed by atoms with Gasteiger partial charge in [-0.05, 0) is 5.53 Å². The van der Waals surface area contributed by atoms with E-state index in [0.717, 1.165) is 0 Å². The first-order valence-electron chi connectivity index (χ1n) is 24.5. The second-order valence-corrected chi connectivity index (χ2v) is 18.2. The van der Waals surface area contributed by atoms with E-state index in [1.54, 1.807) is 18.6 Å². The first kappa shape index (κ1) is 62.0. The van der Waals surface area contributed by atoms with Crippen molar-refractivity contribution in [1.82, 2.24) is 45.0 Å². The third-order valence-corrected chi connectivity index (χ3v) is 12.3. The summed E-state index contributed by atoms with van der Waals surface area (Å²) < 4.78 is 67.5. The van der Waals surface area contributed by atoms with Crippen molar-refractivity contribution in [2.75, 3.05) is 92.4 Å². The second-order valence-electron chi connectivity index (χ2n) is 18.2. The second kappa shape index (κ2) is 31.6. The van der Waals surface area contributed by atoms with Crippen molar-refractivity contribution in [3.63, 3.8) is 0 Å². The quantitative estimate of drug-likeness (QED) is 0.0113. The standard InChI is InChI=1S/C42H70N12O23/c43-48-44-1-5-67-9-10-68-20-42(21-69-17-24-11-52(49-45-24)2-6-72-39-36(64)33(61)30(58)27(14-55)75-39,22-70-18-25-12-53(50-46-25)3-7-73-40-37(65)34(62)31(59)28(15-56)76-40)23-71-19-26-13-54(51-47-26)4-8-74-41-38(66)35(63)32(60)29(16-57)77-41/h11-13,27-41,55-66H,1-10,14-23H2/t27-,28-,29-,30-,31-,32-,33+,34+,35+,36+,37+,38+,39+,40+,41+/m1/s1. The molecule has 0 saturated carbocycles. The van der Waals surface area contributed by atoms with E-state index >= 15 is 0 Å². The number of ether oxygens (including phenoxy) is 11. The van der Waals surface area contributed by atoms with Crippen molar-refractivity contribution in [2.24, 2.45) is 10.5 Å². The van der Waals surface area contributed by atoms with E-state index in [0.29, 0.717) is 17.1 Å². The first-order chi connectivity index (χ1) is 37.2. The van der Waals surface area contributed by atoms with Crippen molar-refractivity contribution in [1.29, 1.82) is 0 Å². The molecule has 3 aromatic heterocycles. The third kappa shape index (κ3) is 18.2. The number of azide groups is 1. The minimum atomic E-state index is -1.60. The van der Waals surface area contributed by atoms with Crippen molar-refractivity contribution >= 4 is 0 Å². The van der Waals surface area contributed by atoms with Gasteiger partial charge in [0.2, 0.25) is 0 Å². The lowest BCUT2D eigenvalue weighted by molar-refractivity contribution is -0.301. The number of nitrogens with zero attached hydrogens (tertiary/aromatic N) is 12. The number of aliphatic hydroxyl groups excluding tert-OH is 12. The van der Waals surface area contributed by atoms with Crippen molar-refractivity contribution in [3.05, 3.63) is 46.1 Å². The van der Waals surface area contributed by atoms with Gasteiger partial charge in [-0.3, -0.25) is 0 Å². The molecule has 77 heavy (non-hydrogen) atoms. The van der Waals surface area contributed by atoms with Crippen LogP contribution < -0.4 is 0 Å². The Hall–Kier alpha value is -4.19. The molecule has 12 N–H and O–H groups in total. The van der Waals surface area contributed by atoms with Crippen LogP contribution in [0.1, 0.15) is 17.1 Å². The van der Waals surface area contributed by atoms with Crippen LogP contribution in [-0.2, 0) is 91.6 Å². The van der Waals surface area contributed by atoms with Crippen LogP contribution in [0.15, 0.2) is 23.7 Å². The summed E-state index contributed by atoms with van der Waals surface area (Å²) in [7, 11) is 0. The highest BCUT2D eigenvalue weighted by molar-refractivity contribution is 4.95. The van der Waals surface area contributed by atoms with Crippen LogP contribution in [0.3, 0.4) is 0 Å². The number of aromatic nitrogens is 9. The molecule has 0 aliphatic carbocycles. The summed E-state index contributed by atoms with van der Waals surface area (Å²) in [6.07, 6.45) is -16.8. The molecule has 3 aliphatic heterocycles. The predicted molar refractivity (Wildman–Crippen MR) is 246 cm³/mol. The largest absolute Gasteiger partial charge is 0.394 e. The van der Waals surface area contributed by atoms with Gasteiger partial charge >= 0.3 is 0 Å². The molecule has 0 amide bonds. The van der Waals surface area contributed by atoms with Crippen LogP contribution in [0.25, 0.3) is 10.4 Å². The molecular formula is C42H70N12O23. The molecule has 15 atom stereocenters. The van der Waals surface area contributed by atoms with E-state index in [1.807, 2.05) is 0 Å². The van der Waals surface area contributed by atoms with Crippen LogP contribution in [0.5, 0.6) is 0 Å². The molecule has 35 heteroatoms. The minimum absolute atomic E-state index is 0.0152. The van der Waals surface area contributed by atoms with Gasteiger partial charge in [0.05, 0.1) is 149 Å². The molecule has 0 radical (unpaired) electrons. The lowest BCUT2D eigenvalue weighted by Gasteiger charge is -2.39. The topological polar surface area (TPSA) is 485 Å². The van der Waals surface area contributed by atoms with Gasteiger partial charge in [-0.2, -0.15) is 0 Å². The molecule has 6 heterocycles. The highest BCUT2D eigenvalue weighted by atomic mass is 16.7. The summed E-state index contributed by atoms with van der Waals surface area (Å²) in [5, 5.41) is 148. The third-order valence-electron chi connectivity index (χ3n) is 12.3. The van der Waals surface area contributed by atoms with Gasteiger partial charge in [0.25, 0.3) is 0 Å². The predicted octanol–water partition coefficient (Wildman–Crippen LogP) is -7.81. The van der Waals surface area contributed by atoms with Crippen molar-refractivity contribution in [3.8, 4) is 0 Å². The van der Waals surface area contributed by atoms with Gasteiger partial charge < -0.3 is 113 Å². The van der Waals surface area contributed by atoms with E-state index in [2.05, 4.69) is 41.0 Å². The zero-order valence-electron chi connectivity index (χ0n) is 41.8. The number of hydrogen-bond donors (Lipinski definition) is 12. The van der Waals surface area contributed by atoms with Gasteiger partial charge in [0.1, 0.15) is 90.3 Å². The normalized spacial score (nSPS) is 29.9. The Balaban J connectivity index is 1.07. The summed E-state index contributed by atoms with van der Waals surface area (Å²) in [6, 6.07) is 0. The summed E-state index contributed by atoms with van der Waals surface area (Å²) in [5.41, 5.74) is 8.74. The summed E-state index contributed by atoms with van der Waals surface area (Å²) in [5.74, 6) is 0. The zero-order chi connectivity index (χ0) is 55.3. The maximum Gasteiger partial charge on any atom is 0.186 e. The average molecular weight is 1110 g/mol. The molecule has 436 valence electrons. The van der Waals surface area contributed by atoms with Gasteiger partial charge in [-0.25, -0.2) is 14.0 Å². The number of rotatable bonds is 35. The summed E-state index contributed by atoms with van der Waals surface area (Å²) in [4.78, 5) is 2.71. The summed E-state index contributed by atoms with van der Waals surface area (Å²) >= 11 is 0. The van der Waals surface area contributed by atoms with E-state index < -0.39 is 117 Å². The molecule has 0 bridgehead atoms. The fourth-order valence-corrected chi connectivity index (χ4v) is 7.97. The fraction of sp³-hybridized carbons (Fsp3) is 0.857. The smallest absolute Gasteiger partial charge is 0.186 e. The van der Waals surface area contributed by atoms with Crippen LogP contribution >= 0.6 is 0 Å². The lowest BCUT2D eigenvalue weighted by Crippen LogP contribution is -2.59. The van der Waals surface area contributed by atoms with Gasteiger partial charge in [-0.1, -0.05) is 20.8 Å². The van der Waals surface area contributed by atoms with Gasteiger partial charge in [0.15, 0.2) is 18.9 Å². The van der Waals surface area contributed by atoms with Gasteiger partial charge in [0, 0.05) is 11.5 Å². The molecular weight excluding hydrogens is 1040 g/mol. The lowest BCUT2D eigenvalue weighted by atomic mass is 9.92. The Labute approximate surface area is 438 Å². The SMILES string of the molecule is [N-]=[N+]=NCCOCCOCC(COCc1cn(CCO[C@H]2O[C@H](CO)[C@@H](O)[C@H](O)[C@@H]2O)nn1)(COCc1cn(CCO[C@H]2O[C@H](CO)[C@@H](O)[C@H](O)[C@@H]2O)nn1)COCc1cn(CCO[C@H]2O[C@H](CO)[C@@H](O)[C@H](O)[C@@H]2O)nn1. The highest BCUT2D eigenvalue weighted by Crippen LogP contribution is 2.26. The van der Waals surface area contributed by atoms with E-state index in [4.69, 9.17) is 57.6 Å². The van der Waals surface area contributed by atoms with Crippen LogP contribution in [0.4, 0.5) is 0 Å². The maximum absolute atomic E-state index is 10.3. The van der Waals surface area contributed by atoms with Crippen LogP contribution in [0, 0.1) is 5.41 Å². The molecule has 6 rings (SSSR count). The van der Waals surface area contributed by atoms with E-state index in [9.17, 15) is 61.3 Å². The Morgan fingerprint density at radius 1 is 0.468 bits per heavy atom. The molecule has 3 aromatic rings. The monoisotopic (exact) mass is 1110 g/mol. The Bertz CT molecular complexity index is 1960. The Kier molecular flexibility index (Phi) is 25.4. The Morgan fingerprint density at radius 3 is 1.14 bits per heavy atom. The Morgan fingerprint density at radius 2 is 0.805 bits per heavy atom. The van der Waals surface area contributed by atoms with E-state index in [-0.39, 0.29) is 112 Å². The van der Waals surface area contributed by atoms with Crippen molar-refractivity contribution in [2.45, 2.75) is 132 Å².